The van der Waals surface area contributed by atoms with Crippen molar-refractivity contribution < 1.29 is 23.9 Å². The molecule has 0 unspecified atom stereocenters. The molecule has 0 radical (unpaired) electrons. The average Bonchev–Trinajstić information content (AvgIpc) is 2.64. The summed E-state index contributed by atoms with van der Waals surface area (Å²) in [6, 6.07) is 18.1. The number of carbonyl (C=O) groups excluding carboxylic acids is 3. The highest BCUT2D eigenvalue weighted by Gasteiger charge is 2.26. The molecule has 2 aromatic carbocycles. The Bertz CT molecular complexity index is 660. The third-order valence-corrected chi connectivity index (χ3v) is 3.23. The van der Waals surface area contributed by atoms with E-state index in [4.69, 9.17) is 9.47 Å². The number of hydrogen-bond donors (Lipinski definition) is 0. The van der Waals surface area contributed by atoms with Gasteiger partial charge >= 0.3 is 12.2 Å². The monoisotopic (exact) mass is 341 g/mol. The van der Waals surface area contributed by atoms with Crippen LogP contribution in [0.15, 0.2) is 60.7 Å². The van der Waals surface area contributed by atoms with Crippen LogP contribution in [0, 0.1) is 0 Å². The zero-order valence-electron chi connectivity index (χ0n) is 13.9. The van der Waals surface area contributed by atoms with E-state index in [1.165, 1.54) is 6.92 Å². The molecule has 0 aliphatic heterocycles. The van der Waals surface area contributed by atoms with Crippen molar-refractivity contribution in [3.63, 3.8) is 0 Å². The van der Waals surface area contributed by atoms with Crippen LogP contribution >= 0.6 is 0 Å². The van der Waals surface area contributed by atoms with Crippen LogP contribution in [-0.4, -0.2) is 29.4 Å². The van der Waals surface area contributed by atoms with Gasteiger partial charge in [-0.05, 0) is 18.1 Å². The molecule has 2 aromatic rings. The first-order valence-corrected chi connectivity index (χ1v) is 7.74. The average molecular weight is 341 g/mol. The Morgan fingerprint density at radius 1 is 0.760 bits per heavy atom. The number of imide groups is 1. The van der Waals surface area contributed by atoms with Crippen molar-refractivity contribution in [3.8, 4) is 0 Å². The van der Waals surface area contributed by atoms with Gasteiger partial charge in [0.05, 0.1) is 6.54 Å². The molecular formula is C19H19NO5. The van der Waals surface area contributed by atoms with Crippen LogP contribution in [0.3, 0.4) is 0 Å². The standard InChI is InChI=1S/C19H19NO5/c1-15(21)12-20(18(22)24-13-16-8-4-2-5-9-16)19(23)25-14-17-10-6-3-7-11-17/h2-11H,12-14H2,1H3. The SMILES string of the molecule is CC(=O)CN(C(=O)OCc1ccccc1)C(=O)OCc1ccccc1. The maximum absolute atomic E-state index is 12.2. The van der Waals surface area contributed by atoms with Crippen molar-refractivity contribution >= 4 is 18.0 Å². The summed E-state index contributed by atoms with van der Waals surface area (Å²) in [6.45, 7) is 0.878. The predicted molar refractivity (Wildman–Crippen MR) is 90.6 cm³/mol. The van der Waals surface area contributed by atoms with Crippen molar-refractivity contribution in [3.05, 3.63) is 71.8 Å². The molecule has 130 valence electrons. The van der Waals surface area contributed by atoms with Gasteiger partial charge in [-0.25, -0.2) is 14.5 Å². The van der Waals surface area contributed by atoms with E-state index in [-0.39, 0.29) is 19.0 Å². The maximum Gasteiger partial charge on any atom is 0.420 e. The fourth-order valence-corrected chi connectivity index (χ4v) is 2.02. The normalized spacial score (nSPS) is 9.96. The van der Waals surface area contributed by atoms with E-state index in [1.54, 1.807) is 24.3 Å². The van der Waals surface area contributed by atoms with E-state index in [0.29, 0.717) is 4.90 Å². The molecule has 0 saturated carbocycles. The van der Waals surface area contributed by atoms with Gasteiger partial charge in [0.15, 0.2) is 0 Å². The lowest BCUT2D eigenvalue weighted by Crippen LogP contribution is -2.40. The maximum atomic E-state index is 12.2. The van der Waals surface area contributed by atoms with Crippen LogP contribution < -0.4 is 0 Å². The van der Waals surface area contributed by atoms with Gasteiger partial charge in [0.25, 0.3) is 0 Å². The fourth-order valence-electron chi connectivity index (χ4n) is 2.02. The second kappa shape index (κ2) is 9.22. The van der Waals surface area contributed by atoms with E-state index in [9.17, 15) is 14.4 Å². The smallest absolute Gasteiger partial charge is 0.420 e. The molecule has 0 spiro atoms. The molecule has 25 heavy (non-hydrogen) atoms. The van der Waals surface area contributed by atoms with Crippen LogP contribution in [0.1, 0.15) is 18.1 Å². The molecule has 0 aliphatic carbocycles. The minimum absolute atomic E-state index is 0.0000430. The molecule has 0 bridgehead atoms. The van der Waals surface area contributed by atoms with Gasteiger partial charge in [0, 0.05) is 0 Å². The lowest BCUT2D eigenvalue weighted by molar-refractivity contribution is -0.117. The third-order valence-electron chi connectivity index (χ3n) is 3.23. The second-order valence-electron chi connectivity index (χ2n) is 5.37. The lowest BCUT2D eigenvalue weighted by atomic mass is 10.2. The molecular weight excluding hydrogens is 322 g/mol. The zero-order valence-corrected chi connectivity index (χ0v) is 13.9. The predicted octanol–water partition coefficient (Wildman–Crippen LogP) is 3.55. The van der Waals surface area contributed by atoms with Crippen LogP contribution in [-0.2, 0) is 27.5 Å². The molecule has 6 heteroatoms. The number of carbonyl (C=O) groups is 3. The third kappa shape index (κ3) is 6.10. The van der Waals surface area contributed by atoms with E-state index >= 15 is 0 Å². The largest absolute Gasteiger partial charge is 0.444 e. The van der Waals surface area contributed by atoms with E-state index in [2.05, 4.69) is 0 Å². The molecule has 2 amide bonds. The number of Topliss-reactive ketones (excluding diaryl/α,β-unsaturated/α-hetero) is 1. The Morgan fingerprint density at radius 3 is 1.52 bits per heavy atom. The summed E-state index contributed by atoms with van der Waals surface area (Å²) in [6.07, 6.45) is -1.84. The van der Waals surface area contributed by atoms with Crippen molar-refractivity contribution in [2.45, 2.75) is 20.1 Å². The zero-order chi connectivity index (χ0) is 18.1. The molecule has 0 saturated heterocycles. The first kappa shape index (κ1) is 18.2. The quantitative estimate of drug-likeness (QED) is 0.803. The highest BCUT2D eigenvalue weighted by molar-refractivity contribution is 5.93. The first-order chi connectivity index (χ1) is 12.1. The molecule has 0 aromatic heterocycles. The molecule has 0 aliphatic rings. The van der Waals surface area contributed by atoms with Gasteiger partial charge in [-0.3, -0.25) is 4.79 Å². The van der Waals surface area contributed by atoms with Gasteiger partial charge in [0.1, 0.15) is 19.0 Å². The highest BCUT2D eigenvalue weighted by Crippen LogP contribution is 2.07. The van der Waals surface area contributed by atoms with Crippen LogP contribution in [0.25, 0.3) is 0 Å². The number of rotatable bonds is 6. The summed E-state index contributed by atoms with van der Waals surface area (Å²) >= 11 is 0. The Kier molecular flexibility index (Phi) is 6.71. The number of ketones is 1. The minimum atomic E-state index is -0.919. The second-order valence-corrected chi connectivity index (χ2v) is 5.37. The van der Waals surface area contributed by atoms with Gasteiger partial charge in [-0.2, -0.15) is 0 Å². The van der Waals surface area contributed by atoms with Crippen molar-refractivity contribution in [2.24, 2.45) is 0 Å². The molecule has 0 atom stereocenters. The van der Waals surface area contributed by atoms with Gasteiger partial charge in [-0.15, -0.1) is 0 Å². The van der Waals surface area contributed by atoms with Crippen LogP contribution in [0.5, 0.6) is 0 Å². The van der Waals surface area contributed by atoms with Crippen LogP contribution in [0.4, 0.5) is 9.59 Å². The molecule has 0 fully saturated rings. The van der Waals surface area contributed by atoms with Gasteiger partial charge in [-0.1, -0.05) is 60.7 Å². The first-order valence-electron chi connectivity index (χ1n) is 7.74. The van der Waals surface area contributed by atoms with Gasteiger partial charge in [0.2, 0.25) is 0 Å². The Morgan fingerprint density at radius 2 is 1.16 bits per heavy atom. The van der Waals surface area contributed by atoms with Gasteiger partial charge < -0.3 is 9.47 Å². The number of hydrogen-bond acceptors (Lipinski definition) is 5. The number of ether oxygens (including phenoxy) is 2. The summed E-state index contributed by atoms with van der Waals surface area (Å²) in [7, 11) is 0. The number of benzene rings is 2. The summed E-state index contributed by atoms with van der Waals surface area (Å²) in [5, 5.41) is 0. The van der Waals surface area contributed by atoms with Crippen molar-refractivity contribution in [1.29, 1.82) is 0 Å². The number of amides is 2. The molecule has 0 N–H and O–H groups in total. The Labute approximate surface area is 146 Å². The number of nitrogens with zero attached hydrogens (tertiary/aromatic N) is 1. The fraction of sp³-hybridized carbons (Fsp3) is 0.211. The summed E-state index contributed by atoms with van der Waals surface area (Å²) in [4.78, 5) is 36.3. The Balaban J connectivity index is 1.95. The van der Waals surface area contributed by atoms with Crippen LogP contribution in [0.2, 0.25) is 0 Å². The molecule has 0 heterocycles. The highest BCUT2D eigenvalue weighted by atomic mass is 16.6. The Hall–Kier alpha value is -3.15. The van der Waals surface area contributed by atoms with Crippen molar-refractivity contribution in [1.82, 2.24) is 4.90 Å². The summed E-state index contributed by atoms with van der Waals surface area (Å²) in [5.74, 6) is -0.353. The van der Waals surface area contributed by atoms with E-state index in [0.717, 1.165) is 11.1 Å². The van der Waals surface area contributed by atoms with E-state index < -0.39 is 18.7 Å². The minimum Gasteiger partial charge on any atom is -0.444 e. The lowest BCUT2D eigenvalue weighted by Gasteiger charge is -2.18. The molecule has 6 nitrogen and oxygen atoms in total. The summed E-state index contributed by atoms with van der Waals surface area (Å²) in [5.41, 5.74) is 1.55. The van der Waals surface area contributed by atoms with E-state index in [1.807, 2.05) is 36.4 Å². The van der Waals surface area contributed by atoms with Crippen molar-refractivity contribution in [2.75, 3.05) is 6.54 Å². The summed E-state index contributed by atoms with van der Waals surface area (Å²) < 4.78 is 10.2. The topological polar surface area (TPSA) is 72.9 Å². The molecule has 2 rings (SSSR count).